The van der Waals surface area contributed by atoms with Gasteiger partial charge in [0.05, 0.1) is 34.8 Å². The summed E-state index contributed by atoms with van der Waals surface area (Å²) < 4.78 is 34.7. The second-order valence-corrected chi connectivity index (χ2v) is 11.6. The first kappa shape index (κ1) is 26.0. The summed E-state index contributed by atoms with van der Waals surface area (Å²) in [6, 6.07) is 6.69. The fourth-order valence-corrected chi connectivity index (χ4v) is 6.03. The lowest BCUT2D eigenvalue weighted by atomic mass is 9.41. The summed E-state index contributed by atoms with van der Waals surface area (Å²) in [6.45, 7) is 1.67. The molecule has 6 rings (SSSR count). The number of aromatic nitrogens is 5. The Bertz CT molecular complexity index is 1510. The average molecular weight is 562 g/mol. The summed E-state index contributed by atoms with van der Waals surface area (Å²) in [5.41, 5.74) is 0.356. The fraction of sp³-hybridized carbons (Fsp3) is 0.391. The molecule has 0 aliphatic heterocycles. The van der Waals surface area contributed by atoms with Crippen LogP contribution in [-0.4, -0.2) is 57.2 Å². The highest BCUT2D eigenvalue weighted by Gasteiger charge is 2.74. The van der Waals surface area contributed by atoms with Gasteiger partial charge >= 0.3 is 6.09 Å². The lowest BCUT2D eigenvalue weighted by Gasteiger charge is -2.67. The maximum Gasteiger partial charge on any atom is 0.413 e. The Labute approximate surface area is 223 Å². The third-order valence-corrected chi connectivity index (χ3v) is 7.58. The number of pyridine rings is 2. The van der Waals surface area contributed by atoms with Crippen LogP contribution in [0.4, 0.5) is 16.3 Å². The SMILES string of the molecule is C[C@@H](OC(=O)Nc1c(-c2ccc(NC(=O)C34CC(OS(C)(=O)=O)(C3)C4)cn2)nnn1C)c1cccnc1Cl. The lowest BCUT2D eigenvalue weighted by molar-refractivity contribution is -0.230. The second-order valence-electron chi connectivity index (χ2n) is 9.63. The number of nitrogens with zero attached hydrogens (tertiary/aromatic N) is 5. The highest BCUT2D eigenvalue weighted by atomic mass is 35.5. The van der Waals surface area contributed by atoms with Crippen molar-refractivity contribution in [2.45, 2.75) is 37.9 Å². The summed E-state index contributed by atoms with van der Waals surface area (Å²) in [4.78, 5) is 33.7. The van der Waals surface area contributed by atoms with Crippen LogP contribution in [0.3, 0.4) is 0 Å². The third kappa shape index (κ3) is 4.93. The van der Waals surface area contributed by atoms with Crippen LogP contribution in [0.25, 0.3) is 11.4 Å². The predicted molar refractivity (Wildman–Crippen MR) is 136 cm³/mol. The van der Waals surface area contributed by atoms with E-state index >= 15 is 0 Å². The Kier molecular flexibility index (Phi) is 6.36. The van der Waals surface area contributed by atoms with Crippen molar-refractivity contribution in [1.29, 1.82) is 0 Å². The van der Waals surface area contributed by atoms with Crippen LogP contribution >= 0.6 is 11.6 Å². The molecule has 2 N–H and O–H groups in total. The largest absolute Gasteiger partial charge is 0.441 e. The van der Waals surface area contributed by atoms with Gasteiger partial charge in [-0.1, -0.05) is 22.9 Å². The van der Waals surface area contributed by atoms with E-state index in [9.17, 15) is 18.0 Å². The van der Waals surface area contributed by atoms with E-state index in [1.165, 1.54) is 17.1 Å². The first-order valence-electron chi connectivity index (χ1n) is 11.5. The molecule has 3 aliphatic rings. The summed E-state index contributed by atoms with van der Waals surface area (Å²) in [5.74, 6) is 0.0484. The van der Waals surface area contributed by atoms with Crippen molar-refractivity contribution in [3.05, 3.63) is 47.4 Å². The van der Waals surface area contributed by atoms with Crippen LogP contribution in [0.15, 0.2) is 36.7 Å². The van der Waals surface area contributed by atoms with Crippen LogP contribution in [0.5, 0.6) is 0 Å². The van der Waals surface area contributed by atoms with Gasteiger partial charge in [-0.25, -0.2) is 14.5 Å². The van der Waals surface area contributed by atoms with E-state index in [1.54, 1.807) is 38.2 Å². The van der Waals surface area contributed by atoms with Crippen molar-refractivity contribution in [3.8, 4) is 11.4 Å². The van der Waals surface area contributed by atoms with E-state index in [0.717, 1.165) is 6.26 Å². The minimum atomic E-state index is -3.57. The molecule has 3 aromatic rings. The van der Waals surface area contributed by atoms with Gasteiger partial charge in [-0.05, 0) is 44.4 Å². The Morgan fingerprint density at radius 1 is 1.16 bits per heavy atom. The van der Waals surface area contributed by atoms with Gasteiger partial charge in [0.15, 0.2) is 11.5 Å². The molecule has 0 aromatic carbocycles. The monoisotopic (exact) mass is 561 g/mol. The Hall–Kier alpha value is -3.62. The first-order valence-corrected chi connectivity index (χ1v) is 13.7. The molecule has 200 valence electrons. The van der Waals surface area contributed by atoms with Crippen LogP contribution in [0.2, 0.25) is 5.15 Å². The maximum atomic E-state index is 12.8. The minimum absolute atomic E-state index is 0.210. The van der Waals surface area contributed by atoms with Crippen LogP contribution in [-0.2, 0) is 30.9 Å². The van der Waals surface area contributed by atoms with E-state index < -0.39 is 33.3 Å². The quantitative estimate of drug-likeness (QED) is 0.308. The van der Waals surface area contributed by atoms with Gasteiger partial charge in [0.2, 0.25) is 5.91 Å². The van der Waals surface area contributed by atoms with Gasteiger partial charge < -0.3 is 10.1 Å². The van der Waals surface area contributed by atoms with Gasteiger partial charge in [-0.3, -0.25) is 19.3 Å². The standard InChI is InChI=1S/C23H24ClN7O6S/c1-13(15-5-4-8-25-18(15)24)36-21(33)28-19-17(29-30-31(19)2)16-7-6-14(9-26-16)27-20(32)22-10-23(11-22,12-22)37-38(3,34)35/h4-9,13H,10-12H2,1-3H3,(H,27,32)(H,28,33)/t13-,22?,23?/m1/s1. The zero-order valence-electron chi connectivity index (χ0n) is 20.6. The first-order chi connectivity index (χ1) is 17.9. The molecule has 15 heteroatoms. The number of hydrogen-bond acceptors (Lipinski definition) is 10. The number of carbonyl (C=O) groups is 2. The number of hydrogen-bond donors (Lipinski definition) is 2. The van der Waals surface area contributed by atoms with E-state index in [2.05, 4.69) is 30.9 Å². The molecule has 13 nitrogen and oxygen atoms in total. The molecule has 3 fully saturated rings. The number of nitrogens with one attached hydrogen (secondary N) is 2. The summed E-state index contributed by atoms with van der Waals surface area (Å²) in [6.07, 6.45) is 3.69. The zero-order valence-corrected chi connectivity index (χ0v) is 22.2. The van der Waals surface area contributed by atoms with E-state index in [4.69, 9.17) is 20.5 Å². The summed E-state index contributed by atoms with van der Waals surface area (Å²) in [7, 11) is -1.97. The molecule has 1 atom stereocenters. The van der Waals surface area contributed by atoms with Crippen molar-refractivity contribution >= 4 is 45.2 Å². The average Bonchev–Trinajstić information content (AvgIpc) is 3.15. The Balaban J connectivity index is 1.21. The molecule has 0 spiro atoms. The smallest absolute Gasteiger partial charge is 0.413 e. The fourth-order valence-electron chi connectivity index (χ4n) is 4.94. The number of carbonyl (C=O) groups excluding carboxylic acids is 2. The van der Waals surface area contributed by atoms with Gasteiger partial charge in [0.25, 0.3) is 10.1 Å². The summed E-state index contributed by atoms with van der Waals surface area (Å²) >= 11 is 6.08. The number of rotatable bonds is 8. The number of amides is 2. The van der Waals surface area contributed by atoms with Crippen LogP contribution < -0.4 is 10.6 Å². The highest BCUT2D eigenvalue weighted by Crippen LogP contribution is 2.69. The van der Waals surface area contributed by atoms with E-state index in [-0.39, 0.29) is 16.9 Å². The molecular formula is C23H24ClN7O6S. The van der Waals surface area contributed by atoms with Crippen molar-refractivity contribution in [1.82, 2.24) is 25.0 Å². The second kappa shape index (κ2) is 9.29. The minimum Gasteiger partial charge on any atom is -0.441 e. The predicted octanol–water partition coefficient (Wildman–Crippen LogP) is 3.07. The molecule has 0 radical (unpaired) electrons. The van der Waals surface area contributed by atoms with Gasteiger partial charge in [-0.2, -0.15) is 8.42 Å². The lowest BCUT2D eigenvalue weighted by Crippen LogP contribution is -2.72. The number of aryl methyl sites for hydroxylation is 1. The van der Waals surface area contributed by atoms with Crippen molar-refractivity contribution < 1.29 is 26.9 Å². The topological polar surface area (TPSA) is 167 Å². The molecule has 3 saturated carbocycles. The Morgan fingerprint density at radius 3 is 2.53 bits per heavy atom. The van der Waals surface area contributed by atoms with Gasteiger partial charge in [0.1, 0.15) is 11.3 Å². The molecule has 0 unspecified atom stereocenters. The normalized spacial score (nSPS) is 22.5. The van der Waals surface area contributed by atoms with Gasteiger partial charge in [0, 0.05) is 18.8 Å². The molecule has 2 bridgehead atoms. The molecular weight excluding hydrogens is 538 g/mol. The van der Waals surface area contributed by atoms with Crippen LogP contribution in [0.1, 0.15) is 37.9 Å². The molecule has 2 amide bonds. The van der Waals surface area contributed by atoms with E-state index in [1.807, 2.05) is 0 Å². The van der Waals surface area contributed by atoms with Gasteiger partial charge in [-0.15, -0.1) is 5.10 Å². The number of anilines is 2. The van der Waals surface area contributed by atoms with Crippen LogP contribution in [0, 0.1) is 5.41 Å². The third-order valence-electron chi connectivity index (χ3n) is 6.61. The Morgan fingerprint density at radius 2 is 1.89 bits per heavy atom. The van der Waals surface area contributed by atoms with Crippen molar-refractivity contribution in [2.24, 2.45) is 12.5 Å². The molecule has 38 heavy (non-hydrogen) atoms. The zero-order chi connectivity index (χ0) is 27.3. The van der Waals surface area contributed by atoms with Crippen molar-refractivity contribution in [2.75, 3.05) is 16.9 Å². The number of ether oxygens (including phenoxy) is 1. The highest BCUT2D eigenvalue weighted by molar-refractivity contribution is 7.86. The molecule has 3 aromatic heterocycles. The molecule has 3 heterocycles. The molecule has 0 saturated heterocycles. The summed E-state index contributed by atoms with van der Waals surface area (Å²) in [5, 5.41) is 13.7. The number of halogens is 1. The van der Waals surface area contributed by atoms with Crippen molar-refractivity contribution in [3.63, 3.8) is 0 Å². The maximum absolute atomic E-state index is 12.8. The van der Waals surface area contributed by atoms with E-state index in [0.29, 0.717) is 41.9 Å². The molecule has 3 aliphatic carbocycles.